The zero-order valence-electron chi connectivity index (χ0n) is 16.7. The van der Waals surface area contributed by atoms with Crippen molar-refractivity contribution in [3.63, 3.8) is 0 Å². The molecule has 0 aliphatic rings. The molecule has 24 heavy (non-hydrogen) atoms. The summed E-state index contributed by atoms with van der Waals surface area (Å²) in [4.78, 5) is 24.7. The topological polar surface area (TPSA) is 63.6 Å². The molecule has 0 heterocycles. The first-order chi connectivity index (χ1) is 11.1. The molecular formula is C20H38O4. The van der Waals surface area contributed by atoms with Gasteiger partial charge in [-0.05, 0) is 43.4 Å². The summed E-state index contributed by atoms with van der Waals surface area (Å²) in [7, 11) is 0. The molecule has 2 unspecified atom stereocenters. The van der Waals surface area contributed by atoms with Gasteiger partial charge in [-0.25, -0.2) is 0 Å². The van der Waals surface area contributed by atoms with Gasteiger partial charge in [0.25, 0.3) is 0 Å². The van der Waals surface area contributed by atoms with Crippen LogP contribution in [0, 0.1) is 23.2 Å². The molecule has 4 nitrogen and oxygen atoms in total. The summed E-state index contributed by atoms with van der Waals surface area (Å²) in [5.74, 6) is -1.13. The Morgan fingerprint density at radius 3 is 1.88 bits per heavy atom. The molecule has 0 radical (unpaired) electrons. The van der Waals surface area contributed by atoms with E-state index in [0.29, 0.717) is 12.3 Å². The fourth-order valence-electron chi connectivity index (χ4n) is 3.15. The summed E-state index contributed by atoms with van der Waals surface area (Å²) in [6.45, 7) is 13.9. The fraction of sp³-hybridized carbons (Fsp3) is 0.900. The zero-order valence-corrected chi connectivity index (χ0v) is 16.7. The van der Waals surface area contributed by atoms with Crippen LogP contribution < -0.4 is 0 Å². The maximum atomic E-state index is 12.8. The molecule has 142 valence electrons. The first kappa shape index (κ1) is 22.9. The molecule has 4 heteroatoms. The van der Waals surface area contributed by atoms with Crippen molar-refractivity contribution in [2.45, 2.75) is 93.1 Å². The Morgan fingerprint density at radius 2 is 1.50 bits per heavy atom. The number of ether oxygens (including phenoxy) is 1. The summed E-state index contributed by atoms with van der Waals surface area (Å²) in [5, 5.41) is 9.77. The zero-order chi connectivity index (χ0) is 18.9. The maximum absolute atomic E-state index is 12.8. The molecule has 0 aromatic carbocycles. The summed E-state index contributed by atoms with van der Waals surface area (Å²) >= 11 is 0. The number of carbonyl (C=O) groups is 2. The molecule has 0 spiro atoms. The van der Waals surface area contributed by atoms with Gasteiger partial charge in [-0.15, -0.1) is 0 Å². The van der Waals surface area contributed by atoms with Gasteiger partial charge in [-0.2, -0.15) is 0 Å². The van der Waals surface area contributed by atoms with Crippen molar-refractivity contribution in [1.82, 2.24) is 0 Å². The van der Waals surface area contributed by atoms with E-state index in [4.69, 9.17) is 4.74 Å². The second-order valence-corrected chi connectivity index (χ2v) is 8.14. The molecule has 0 fully saturated rings. The van der Waals surface area contributed by atoms with Crippen LogP contribution >= 0.6 is 0 Å². The van der Waals surface area contributed by atoms with Crippen LogP contribution in [0.15, 0.2) is 0 Å². The van der Waals surface area contributed by atoms with Gasteiger partial charge in [-0.3, -0.25) is 9.59 Å². The first-order valence-electron chi connectivity index (χ1n) is 9.52. The van der Waals surface area contributed by atoms with Gasteiger partial charge in [0.1, 0.15) is 6.10 Å². The third kappa shape index (κ3) is 6.82. The third-order valence-electron chi connectivity index (χ3n) is 4.75. The summed E-state index contributed by atoms with van der Waals surface area (Å²) in [5.41, 5.74) is -1.44. The third-order valence-corrected chi connectivity index (χ3v) is 4.75. The van der Waals surface area contributed by atoms with Crippen LogP contribution in [0.5, 0.6) is 0 Å². The van der Waals surface area contributed by atoms with E-state index < -0.39 is 17.4 Å². The molecule has 0 saturated heterocycles. The Kier molecular flexibility index (Phi) is 10.3. The number of carboxylic acid groups (broad SMARTS) is 1. The molecule has 0 aliphatic carbocycles. The normalized spacial score (nSPS) is 15.6. The number of esters is 1. The van der Waals surface area contributed by atoms with Crippen LogP contribution in [0.1, 0.15) is 87.0 Å². The number of carboxylic acids is 1. The van der Waals surface area contributed by atoms with Gasteiger partial charge in [0.2, 0.25) is 0 Å². The SMILES string of the molecule is CCC(CCCCC(C)C)OC(=O)C(CC(C)C)(C(=O)O)C(C)C. The van der Waals surface area contributed by atoms with Crippen molar-refractivity contribution in [1.29, 1.82) is 0 Å². The smallest absolute Gasteiger partial charge is 0.324 e. The Hall–Kier alpha value is -1.06. The lowest BCUT2D eigenvalue weighted by Gasteiger charge is -2.34. The highest BCUT2D eigenvalue weighted by molar-refractivity contribution is 5.99. The molecule has 0 amide bonds. The van der Waals surface area contributed by atoms with Gasteiger partial charge in [0, 0.05) is 0 Å². The minimum atomic E-state index is -1.44. The average Bonchev–Trinajstić information content (AvgIpc) is 2.46. The van der Waals surface area contributed by atoms with Crippen LogP contribution in [0.3, 0.4) is 0 Å². The minimum absolute atomic E-state index is 0.113. The molecule has 0 bridgehead atoms. The number of carbonyl (C=O) groups excluding carboxylic acids is 1. The molecule has 0 saturated carbocycles. The average molecular weight is 343 g/mol. The number of hydrogen-bond donors (Lipinski definition) is 1. The van der Waals surface area contributed by atoms with Crippen molar-refractivity contribution in [3.8, 4) is 0 Å². The van der Waals surface area contributed by atoms with E-state index in [1.807, 2.05) is 20.8 Å². The van der Waals surface area contributed by atoms with Crippen molar-refractivity contribution >= 4 is 11.9 Å². The lowest BCUT2D eigenvalue weighted by molar-refractivity contribution is -0.178. The molecule has 2 atom stereocenters. The van der Waals surface area contributed by atoms with Crippen molar-refractivity contribution in [2.24, 2.45) is 23.2 Å². The van der Waals surface area contributed by atoms with Crippen molar-refractivity contribution in [3.05, 3.63) is 0 Å². The highest BCUT2D eigenvalue weighted by Crippen LogP contribution is 2.37. The van der Waals surface area contributed by atoms with E-state index in [2.05, 4.69) is 13.8 Å². The van der Waals surface area contributed by atoms with Gasteiger partial charge >= 0.3 is 11.9 Å². The Balaban J connectivity index is 4.98. The van der Waals surface area contributed by atoms with E-state index >= 15 is 0 Å². The van der Waals surface area contributed by atoms with E-state index in [0.717, 1.165) is 25.7 Å². The summed E-state index contributed by atoms with van der Waals surface area (Å²) in [6.07, 6.45) is 4.95. The van der Waals surface area contributed by atoms with E-state index in [1.54, 1.807) is 13.8 Å². The van der Waals surface area contributed by atoms with E-state index in [-0.39, 0.29) is 17.9 Å². The highest BCUT2D eigenvalue weighted by Gasteiger charge is 2.51. The van der Waals surface area contributed by atoms with Gasteiger partial charge in [0.15, 0.2) is 5.41 Å². The number of rotatable bonds is 12. The van der Waals surface area contributed by atoms with Crippen LogP contribution in [-0.4, -0.2) is 23.1 Å². The molecule has 0 aromatic rings. The van der Waals surface area contributed by atoms with Crippen molar-refractivity contribution < 1.29 is 19.4 Å². The Labute approximate surface area is 148 Å². The quantitative estimate of drug-likeness (QED) is 0.297. The Morgan fingerprint density at radius 1 is 0.958 bits per heavy atom. The van der Waals surface area contributed by atoms with Crippen molar-refractivity contribution in [2.75, 3.05) is 0 Å². The fourth-order valence-corrected chi connectivity index (χ4v) is 3.15. The molecule has 0 aliphatic heterocycles. The lowest BCUT2D eigenvalue weighted by Crippen LogP contribution is -2.47. The predicted octanol–water partition coefficient (Wildman–Crippen LogP) is 5.30. The van der Waals surface area contributed by atoms with Gasteiger partial charge in [0.05, 0.1) is 0 Å². The minimum Gasteiger partial charge on any atom is -0.480 e. The Bertz CT molecular complexity index is 387. The van der Waals surface area contributed by atoms with Crippen LogP contribution in [-0.2, 0) is 14.3 Å². The number of aliphatic carboxylic acids is 1. The van der Waals surface area contributed by atoms with Gasteiger partial charge in [-0.1, -0.05) is 61.3 Å². The number of unbranched alkanes of at least 4 members (excludes halogenated alkanes) is 1. The second kappa shape index (κ2) is 10.7. The molecule has 0 rings (SSSR count). The maximum Gasteiger partial charge on any atom is 0.324 e. The van der Waals surface area contributed by atoms with Crippen LogP contribution in [0.2, 0.25) is 0 Å². The summed E-state index contributed by atoms with van der Waals surface area (Å²) in [6, 6.07) is 0. The molecule has 0 aromatic heterocycles. The highest BCUT2D eigenvalue weighted by atomic mass is 16.5. The van der Waals surface area contributed by atoms with Crippen LogP contribution in [0.25, 0.3) is 0 Å². The van der Waals surface area contributed by atoms with Gasteiger partial charge < -0.3 is 9.84 Å². The monoisotopic (exact) mass is 342 g/mol. The van der Waals surface area contributed by atoms with E-state index in [9.17, 15) is 14.7 Å². The number of hydrogen-bond acceptors (Lipinski definition) is 3. The predicted molar refractivity (Wildman–Crippen MR) is 97.8 cm³/mol. The van der Waals surface area contributed by atoms with Crippen LogP contribution in [0.4, 0.5) is 0 Å². The van der Waals surface area contributed by atoms with E-state index in [1.165, 1.54) is 6.42 Å². The summed E-state index contributed by atoms with van der Waals surface area (Å²) < 4.78 is 5.68. The molecular weight excluding hydrogens is 304 g/mol. The first-order valence-corrected chi connectivity index (χ1v) is 9.52. The standard InChI is InChI=1S/C20H38O4/c1-8-17(12-10-9-11-14(2)3)24-19(23)20(16(6)7,18(21)22)13-15(4)5/h14-17H,8-13H2,1-7H3,(H,21,22). The largest absolute Gasteiger partial charge is 0.480 e. The second-order valence-electron chi connectivity index (χ2n) is 8.14. The lowest BCUT2D eigenvalue weighted by atomic mass is 9.71. The molecule has 1 N–H and O–H groups in total.